The van der Waals surface area contributed by atoms with Gasteiger partial charge in [0.25, 0.3) is 5.91 Å². The van der Waals surface area contributed by atoms with Gasteiger partial charge < -0.3 is 25.8 Å². The first-order valence-electron chi connectivity index (χ1n) is 11.6. The van der Waals surface area contributed by atoms with Crippen LogP contribution in [0.15, 0.2) is 42.5 Å². The molecule has 2 rings (SSSR count). The Morgan fingerprint density at radius 3 is 2.54 bits per heavy atom. The topological polar surface area (TPSA) is 116 Å². The second-order valence-electron chi connectivity index (χ2n) is 8.00. The van der Waals surface area contributed by atoms with Crippen LogP contribution in [0.3, 0.4) is 0 Å². The molecule has 0 saturated carbocycles. The molecular weight excluding hydrogens is 484 g/mol. The van der Waals surface area contributed by atoms with Crippen molar-refractivity contribution in [1.29, 1.82) is 0 Å². The predicted octanol–water partition coefficient (Wildman–Crippen LogP) is 3.38. The van der Waals surface area contributed by atoms with Crippen LogP contribution in [-0.2, 0) is 14.3 Å². The van der Waals surface area contributed by atoms with Gasteiger partial charge in [-0.1, -0.05) is 43.7 Å². The van der Waals surface area contributed by atoms with E-state index in [1.54, 1.807) is 11.8 Å². The number of nitrogens with zero attached hydrogens (tertiary/aromatic N) is 1. The van der Waals surface area contributed by atoms with Crippen LogP contribution in [-0.4, -0.2) is 66.5 Å². The number of carbonyl (C=O) groups is 2. The Bertz CT molecular complexity index is 933. The van der Waals surface area contributed by atoms with Gasteiger partial charge >= 0.3 is 5.97 Å². The number of thiol groups is 1. The Hall–Kier alpha value is -2.43. The number of anilines is 1. The second-order valence-corrected chi connectivity index (χ2v) is 9.35. The van der Waals surface area contributed by atoms with Crippen molar-refractivity contribution < 1.29 is 19.1 Å². The van der Waals surface area contributed by atoms with Crippen molar-refractivity contribution in [2.75, 3.05) is 36.7 Å². The van der Waals surface area contributed by atoms with Crippen molar-refractivity contribution in [3.8, 4) is 17.1 Å². The van der Waals surface area contributed by atoms with Crippen molar-refractivity contribution in [3.05, 3.63) is 42.5 Å². The van der Waals surface area contributed by atoms with Gasteiger partial charge in [0.1, 0.15) is 6.04 Å². The molecule has 1 aromatic carbocycles. The van der Waals surface area contributed by atoms with Gasteiger partial charge in [-0.25, -0.2) is 9.78 Å². The highest BCUT2D eigenvalue weighted by atomic mass is 32.2. The Labute approximate surface area is 217 Å². The number of carbonyl (C=O) groups excluding carboxylic acids is 2. The van der Waals surface area contributed by atoms with Gasteiger partial charge in [-0.15, -0.1) is 0 Å². The molecule has 0 spiro atoms. The number of amides is 1. The van der Waals surface area contributed by atoms with E-state index in [9.17, 15) is 9.59 Å². The number of hydrogen-bond acceptors (Lipinski definition) is 9. The van der Waals surface area contributed by atoms with E-state index in [0.29, 0.717) is 54.6 Å². The zero-order valence-corrected chi connectivity index (χ0v) is 22.2. The van der Waals surface area contributed by atoms with Crippen LogP contribution in [0.1, 0.15) is 26.2 Å². The second kappa shape index (κ2) is 15.5. The molecule has 1 heterocycles. The Balaban J connectivity index is 2.32. The fraction of sp³-hybridized carbons (Fsp3) is 0.480. The lowest BCUT2D eigenvalue weighted by Crippen LogP contribution is -2.48. The summed E-state index contributed by atoms with van der Waals surface area (Å²) in [5.74, 6) is 0.664. The minimum atomic E-state index is -0.834. The summed E-state index contributed by atoms with van der Waals surface area (Å²) in [6.07, 6.45) is 2.74. The maximum Gasteiger partial charge on any atom is 0.328 e. The molecule has 0 radical (unpaired) electrons. The van der Waals surface area contributed by atoms with E-state index >= 15 is 0 Å². The zero-order valence-electron chi connectivity index (χ0n) is 20.5. The summed E-state index contributed by atoms with van der Waals surface area (Å²) in [5.41, 5.74) is 8.28. The molecule has 0 saturated heterocycles. The number of benzene rings is 1. The van der Waals surface area contributed by atoms with E-state index in [-0.39, 0.29) is 11.9 Å². The average molecular weight is 521 g/mol. The van der Waals surface area contributed by atoms with E-state index in [4.69, 9.17) is 20.2 Å². The van der Waals surface area contributed by atoms with Gasteiger partial charge in [0.05, 0.1) is 18.5 Å². The third kappa shape index (κ3) is 9.27. The number of pyridine rings is 1. The fourth-order valence-corrected chi connectivity index (χ4v) is 3.87. The maximum absolute atomic E-state index is 13.2. The number of methoxy groups -OCH3 is 1. The number of hydrogen-bond donors (Lipinski definition) is 4. The quantitative estimate of drug-likeness (QED) is 0.209. The Morgan fingerprint density at radius 2 is 1.91 bits per heavy atom. The van der Waals surface area contributed by atoms with Gasteiger partial charge in [0, 0.05) is 23.9 Å². The molecule has 2 aromatic rings. The summed E-state index contributed by atoms with van der Waals surface area (Å²) >= 11 is 5.83. The molecule has 3 atom stereocenters. The van der Waals surface area contributed by atoms with E-state index in [0.717, 1.165) is 5.56 Å². The van der Waals surface area contributed by atoms with Gasteiger partial charge in [0.2, 0.25) is 5.88 Å². The van der Waals surface area contributed by atoms with E-state index in [2.05, 4.69) is 23.3 Å². The van der Waals surface area contributed by atoms with Gasteiger partial charge in [-0.05, 0) is 37.0 Å². The fourth-order valence-electron chi connectivity index (χ4n) is 3.27. The Morgan fingerprint density at radius 1 is 1.17 bits per heavy atom. The molecule has 0 aliphatic heterocycles. The Kier molecular flexibility index (Phi) is 12.8. The van der Waals surface area contributed by atoms with Crippen LogP contribution in [0, 0.1) is 0 Å². The highest BCUT2D eigenvalue weighted by Gasteiger charge is 2.28. The summed E-state index contributed by atoms with van der Waals surface area (Å²) in [5, 5.41) is 6.06. The summed E-state index contributed by atoms with van der Waals surface area (Å²) in [6, 6.07) is 12.6. The SMILES string of the molecule is CCC[C@H](Oc1nc(-c2ccccc2)ccc1NCC(N)CS)C(=O)N[C@@H](CCSC)C(=O)OC. The third-order valence-electron chi connectivity index (χ3n) is 5.23. The highest BCUT2D eigenvalue weighted by Crippen LogP contribution is 2.28. The minimum absolute atomic E-state index is 0.160. The maximum atomic E-state index is 13.2. The van der Waals surface area contributed by atoms with E-state index in [1.807, 2.05) is 55.6 Å². The molecule has 0 fully saturated rings. The standard InChI is InChI=1S/C25H36N4O4S2/c1-4-8-22(23(30)28-21(13-14-35-3)25(31)32-2)33-24-20(27-15-18(26)16-34)12-11-19(29-24)17-9-6-5-7-10-17/h5-7,9-12,18,21-22,27,34H,4,8,13-16,26H2,1-3H3,(H,28,30)/t18?,21-,22-/m0/s1. The molecule has 1 amide bonds. The first-order chi connectivity index (χ1) is 16.9. The predicted molar refractivity (Wildman–Crippen MR) is 146 cm³/mol. The first-order valence-corrected chi connectivity index (χ1v) is 13.7. The lowest BCUT2D eigenvalue weighted by atomic mass is 10.1. The molecule has 8 nitrogen and oxygen atoms in total. The monoisotopic (exact) mass is 520 g/mol. The first kappa shape index (κ1) is 28.8. The van der Waals surface area contributed by atoms with Crippen LogP contribution < -0.4 is 21.1 Å². The molecule has 0 aliphatic rings. The summed E-state index contributed by atoms with van der Waals surface area (Å²) in [4.78, 5) is 30.1. The van der Waals surface area contributed by atoms with Crippen LogP contribution >= 0.6 is 24.4 Å². The number of ether oxygens (including phenoxy) is 2. The largest absolute Gasteiger partial charge is 0.467 e. The summed E-state index contributed by atoms with van der Waals surface area (Å²) in [7, 11) is 1.31. The van der Waals surface area contributed by atoms with Crippen molar-refractivity contribution in [1.82, 2.24) is 10.3 Å². The molecule has 0 aliphatic carbocycles. The smallest absolute Gasteiger partial charge is 0.328 e. The van der Waals surface area contributed by atoms with Crippen molar-refractivity contribution >= 4 is 42.0 Å². The van der Waals surface area contributed by atoms with Crippen LogP contribution in [0.4, 0.5) is 5.69 Å². The molecular formula is C25H36N4O4S2. The molecule has 1 aromatic heterocycles. The van der Waals surface area contributed by atoms with Crippen LogP contribution in [0.2, 0.25) is 0 Å². The molecule has 1 unspecified atom stereocenters. The van der Waals surface area contributed by atoms with Gasteiger partial charge in [-0.3, -0.25) is 4.79 Å². The average Bonchev–Trinajstić information content (AvgIpc) is 2.89. The summed E-state index contributed by atoms with van der Waals surface area (Å²) < 4.78 is 11.1. The normalized spacial score (nSPS) is 13.4. The van der Waals surface area contributed by atoms with Gasteiger partial charge in [-0.2, -0.15) is 24.4 Å². The number of nitrogens with one attached hydrogen (secondary N) is 2. The van der Waals surface area contributed by atoms with E-state index < -0.39 is 18.1 Å². The zero-order chi connectivity index (χ0) is 25.6. The minimum Gasteiger partial charge on any atom is -0.467 e. The van der Waals surface area contributed by atoms with Crippen molar-refractivity contribution in [2.24, 2.45) is 5.73 Å². The molecule has 0 bridgehead atoms. The lowest BCUT2D eigenvalue weighted by Gasteiger charge is -2.23. The number of aromatic nitrogens is 1. The number of esters is 1. The number of rotatable bonds is 15. The third-order valence-corrected chi connectivity index (χ3v) is 6.34. The van der Waals surface area contributed by atoms with Gasteiger partial charge in [0.15, 0.2) is 6.10 Å². The number of thioether (sulfide) groups is 1. The molecule has 10 heteroatoms. The molecule has 192 valence electrons. The van der Waals surface area contributed by atoms with Crippen LogP contribution in [0.5, 0.6) is 5.88 Å². The van der Waals surface area contributed by atoms with E-state index in [1.165, 1.54) is 7.11 Å². The summed E-state index contributed by atoms with van der Waals surface area (Å²) in [6.45, 7) is 2.43. The highest BCUT2D eigenvalue weighted by molar-refractivity contribution is 7.98. The van der Waals surface area contributed by atoms with Crippen molar-refractivity contribution in [3.63, 3.8) is 0 Å². The molecule has 4 N–H and O–H groups in total. The lowest BCUT2D eigenvalue weighted by molar-refractivity contribution is -0.146. The molecule has 35 heavy (non-hydrogen) atoms. The number of nitrogens with two attached hydrogens (primary N) is 1. The van der Waals surface area contributed by atoms with Crippen LogP contribution in [0.25, 0.3) is 11.3 Å². The van der Waals surface area contributed by atoms with Crippen molar-refractivity contribution in [2.45, 2.75) is 44.4 Å².